The van der Waals surface area contributed by atoms with Gasteiger partial charge in [-0.2, -0.15) is 17.4 Å². The molecule has 0 aliphatic heterocycles. The van der Waals surface area contributed by atoms with Crippen LogP contribution in [0.4, 0.5) is 13.2 Å². The van der Waals surface area contributed by atoms with E-state index in [1.165, 1.54) is 12.1 Å². The van der Waals surface area contributed by atoms with E-state index >= 15 is 0 Å². The van der Waals surface area contributed by atoms with E-state index in [4.69, 9.17) is 0 Å². The molecule has 0 saturated heterocycles. The van der Waals surface area contributed by atoms with Gasteiger partial charge in [-0.05, 0) is 42.3 Å². The van der Waals surface area contributed by atoms with Crippen LogP contribution in [0.2, 0.25) is 0 Å². The summed E-state index contributed by atoms with van der Waals surface area (Å²) < 4.78 is 40.2. The molecule has 0 bridgehead atoms. The predicted molar refractivity (Wildman–Crippen MR) is 79.5 cm³/mol. The lowest BCUT2D eigenvalue weighted by Crippen LogP contribution is -2.26. The number of allylic oxidation sites excluding steroid dienone is 2. The van der Waals surface area contributed by atoms with Crippen LogP contribution in [0.3, 0.4) is 0 Å². The van der Waals surface area contributed by atoms with Crippen LogP contribution in [0.1, 0.15) is 16.7 Å². The number of alkyl halides is 3. The third-order valence-electron chi connectivity index (χ3n) is 3.90. The van der Waals surface area contributed by atoms with Crippen LogP contribution in [0.15, 0.2) is 42.6 Å². The van der Waals surface area contributed by atoms with E-state index < -0.39 is 11.7 Å². The van der Waals surface area contributed by atoms with Crippen LogP contribution in [-0.4, -0.2) is 0 Å². The molecule has 0 unspecified atom stereocenters. The zero-order valence-corrected chi connectivity index (χ0v) is 12.1. The van der Waals surface area contributed by atoms with Crippen LogP contribution in [-0.2, 0) is 12.6 Å². The van der Waals surface area contributed by atoms with Gasteiger partial charge in [-0.25, -0.2) is 0 Å². The Hall–Kier alpha value is -2.36. The largest absolute Gasteiger partial charge is 0.416 e. The van der Waals surface area contributed by atoms with Gasteiger partial charge in [-0.15, -0.1) is 0 Å². The zero-order valence-electron chi connectivity index (χ0n) is 12.1. The first-order chi connectivity index (χ1) is 10.4. The summed E-state index contributed by atoms with van der Waals surface area (Å²) in [7, 11) is 0. The van der Waals surface area contributed by atoms with Crippen molar-refractivity contribution in [2.45, 2.75) is 19.5 Å². The fraction of sp³-hybridized carbons (Fsp3) is 0.167. The summed E-state index contributed by atoms with van der Waals surface area (Å²) in [6, 6.07) is 5.82. The van der Waals surface area contributed by atoms with E-state index in [9.17, 15) is 13.2 Å². The summed E-state index contributed by atoms with van der Waals surface area (Å²) in [5.74, 6) is 0. The summed E-state index contributed by atoms with van der Waals surface area (Å²) >= 11 is 0. The number of halogens is 3. The molecule has 0 spiro atoms. The second kappa shape index (κ2) is 5.13. The van der Waals surface area contributed by atoms with E-state index in [-0.39, 0.29) is 0 Å². The van der Waals surface area contributed by atoms with Crippen molar-refractivity contribution >= 4 is 6.08 Å². The Kier molecular flexibility index (Phi) is 3.39. The summed E-state index contributed by atoms with van der Waals surface area (Å²) in [5.41, 5.74) is 2.70. The summed E-state index contributed by atoms with van der Waals surface area (Å²) in [4.78, 5) is 0. The van der Waals surface area contributed by atoms with E-state index in [0.29, 0.717) is 5.56 Å². The topological polar surface area (TPSA) is 5.90 Å². The Morgan fingerprint density at radius 3 is 2.64 bits per heavy atom. The minimum Gasteiger partial charge on any atom is -0.173 e. The van der Waals surface area contributed by atoms with Gasteiger partial charge >= 0.3 is 6.18 Å². The number of nitrogens with zero attached hydrogens (tertiary/aromatic N) is 1. The lowest BCUT2D eigenvalue weighted by atomic mass is 9.94. The Morgan fingerprint density at radius 2 is 1.95 bits per heavy atom. The quantitative estimate of drug-likeness (QED) is 0.711. The van der Waals surface area contributed by atoms with Crippen molar-refractivity contribution in [1.29, 1.82) is 0 Å². The van der Waals surface area contributed by atoms with Crippen molar-refractivity contribution in [1.82, 2.24) is 0 Å². The molecular weight excluding hydrogens is 287 g/mol. The average Bonchev–Trinajstić information content (AvgIpc) is 2.47. The SMILES string of the molecule is C=[n+]1ccc2c(c1-c1ccc(C(F)(F)F)cc1C)CC=CC=2. The molecule has 0 amide bonds. The summed E-state index contributed by atoms with van der Waals surface area (Å²) in [6.07, 6.45) is 4.28. The minimum atomic E-state index is -4.32. The number of benzene rings is 1. The molecule has 1 aliphatic rings. The van der Waals surface area contributed by atoms with Gasteiger partial charge in [0.05, 0.1) is 5.56 Å². The molecule has 1 heterocycles. The maximum atomic E-state index is 12.8. The number of aromatic nitrogens is 1. The van der Waals surface area contributed by atoms with Gasteiger partial charge in [0.25, 0.3) is 0 Å². The molecule has 0 atom stereocenters. The standard InChI is InChI=1S/C18H15F3N/c1-12-11-14(18(19,20)21)7-8-15(12)17-16-6-4-3-5-13(16)9-10-22(17)2/h3-5,7-11H,2,6H2,1H3/q+1. The van der Waals surface area contributed by atoms with Gasteiger partial charge in [0, 0.05) is 17.2 Å². The summed E-state index contributed by atoms with van der Waals surface area (Å²) in [6.45, 7) is 5.67. The second-order valence-electron chi connectivity index (χ2n) is 5.39. The molecule has 1 aliphatic carbocycles. The molecule has 1 aromatic heterocycles. The lowest BCUT2D eigenvalue weighted by Gasteiger charge is -2.12. The number of aryl methyl sites for hydroxylation is 1. The molecule has 2 aromatic rings. The monoisotopic (exact) mass is 302 g/mol. The Labute approximate surface area is 126 Å². The number of pyridine rings is 1. The Bertz CT molecular complexity index is 876. The van der Waals surface area contributed by atoms with Crippen molar-refractivity contribution in [3.63, 3.8) is 0 Å². The Balaban J connectivity index is 2.24. The molecule has 0 saturated carbocycles. The molecule has 0 N–H and O–H groups in total. The van der Waals surface area contributed by atoms with E-state index in [1.54, 1.807) is 11.2 Å². The van der Waals surface area contributed by atoms with E-state index in [0.717, 1.165) is 34.5 Å². The number of hydrogen-bond donors (Lipinski definition) is 0. The molecule has 1 aromatic carbocycles. The number of hydrogen-bond acceptors (Lipinski definition) is 0. The van der Waals surface area contributed by atoms with Crippen molar-refractivity contribution in [3.05, 3.63) is 71.2 Å². The first-order valence-electron chi connectivity index (χ1n) is 6.94. The maximum Gasteiger partial charge on any atom is 0.416 e. The first kappa shape index (κ1) is 14.6. The highest BCUT2D eigenvalue weighted by Crippen LogP contribution is 2.32. The minimum absolute atomic E-state index is 0.593. The first-order valence-corrected chi connectivity index (χ1v) is 6.94. The predicted octanol–water partition coefficient (Wildman–Crippen LogP) is 3.50. The van der Waals surface area contributed by atoms with Gasteiger partial charge in [0.1, 0.15) is 6.72 Å². The Morgan fingerprint density at radius 1 is 1.18 bits per heavy atom. The molecular formula is C18H15F3N+. The maximum absolute atomic E-state index is 12.8. The van der Waals surface area contributed by atoms with Crippen molar-refractivity contribution in [2.24, 2.45) is 0 Å². The fourth-order valence-corrected chi connectivity index (χ4v) is 2.81. The van der Waals surface area contributed by atoms with Gasteiger partial charge in [-0.1, -0.05) is 18.2 Å². The van der Waals surface area contributed by atoms with Gasteiger partial charge in [0.15, 0.2) is 6.20 Å². The average molecular weight is 302 g/mol. The van der Waals surface area contributed by atoms with Crippen LogP contribution >= 0.6 is 0 Å². The van der Waals surface area contributed by atoms with Crippen molar-refractivity contribution in [2.75, 3.05) is 0 Å². The van der Waals surface area contributed by atoms with Crippen LogP contribution < -0.4 is 9.46 Å². The van der Waals surface area contributed by atoms with Crippen LogP contribution in [0, 0.1) is 13.6 Å². The molecule has 0 fully saturated rings. The van der Waals surface area contributed by atoms with E-state index in [2.05, 4.69) is 6.72 Å². The normalized spacial score (nSPS) is 13.6. The molecule has 112 valence electrons. The van der Waals surface area contributed by atoms with Crippen molar-refractivity contribution < 1.29 is 17.4 Å². The molecule has 0 radical (unpaired) electrons. The van der Waals surface area contributed by atoms with E-state index in [1.807, 2.05) is 30.5 Å². The second-order valence-corrected chi connectivity index (χ2v) is 5.39. The lowest BCUT2D eigenvalue weighted by molar-refractivity contribution is -0.486. The zero-order chi connectivity index (χ0) is 15.9. The van der Waals surface area contributed by atoms with Crippen molar-refractivity contribution in [3.8, 4) is 11.3 Å². The molecule has 22 heavy (non-hydrogen) atoms. The molecule has 3 rings (SSSR count). The van der Waals surface area contributed by atoms with Gasteiger partial charge in [-0.3, -0.25) is 0 Å². The highest BCUT2D eigenvalue weighted by atomic mass is 19.4. The van der Waals surface area contributed by atoms with Crippen LogP contribution in [0.5, 0.6) is 0 Å². The molecule has 1 nitrogen and oxygen atoms in total. The van der Waals surface area contributed by atoms with Crippen LogP contribution in [0.25, 0.3) is 17.3 Å². The smallest absolute Gasteiger partial charge is 0.173 e. The number of rotatable bonds is 1. The third kappa shape index (κ3) is 2.45. The highest BCUT2D eigenvalue weighted by molar-refractivity contribution is 5.66. The molecule has 4 heteroatoms. The third-order valence-corrected chi connectivity index (χ3v) is 3.90. The number of fused-ring (bicyclic) bond motifs is 1. The fourth-order valence-electron chi connectivity index (χ4n) is 2.81. The van der Waals surface area contributed by atoms with Gasteiger partial charge < -0.3 is 0 Å². The van der Waals surface area contributed by atoms with Gasteiger partial charge in [0.2, 0.25) is 5.69 Å². The highest BCUT2D eigenvalue weighted by Gasteiger charge is 2.31. The summed E-state index contributed by atoms with van der Waals surface area (Å²) in [5, 5.41) is 1.08.